The molecule has 0 saturated heterocycles. The summed E-state index contributed by atoms with van der Waals surface area (Å²) in [5.74, 6) is 0. The minimum atomic E-state index is 0.685. The van der Waals surface area contributed by atoms with Crippen molar-refractivity contribution in [1.29, 1.82) is 0 Å². The van der Waals surface area contributed by atoms with Crippen LogP contribution in [-0.2, 0) is 13.1 Å². The van der Waals surface area contributed by atoms with Crippen LogP contribution >= 0.6 is 23.2 Å². The second-order valence-electron chi connectivity index (χ2n) is 4.53. The Labute approximate surface area is 118 Å². The normalized spacial score (nSPS) is 12.4. The quantitative estimate of drug-likeness (QED) is 0.877. The Morgan fingerprint density at radius 1 is 0.944 bits per heavy atom. The standard InChI is InChI=1S/C15H15Cl2N/c1-18(10-12-5-3-2-4-6-12)11-13-7-8-14(16)9-15(13)17/h2-9H,10-11H2,1H3/p+1. The van der Waals surface area contributed by atoms with Crippen LogP contribution in [0.1, 0.15) is 11.1 Å². The Balaban J connectivity index is 2.01. The van der Waals surface area contributed by atoms with Gasteiger partial charge >= 0.3 is 0 Å². The molecule has 0 radical (unpaired) electrons. The Bertz CT molecular complexity index is 511. The van der Waals surface area contributed by atoms with E-state index in [2.05, 4.69) is 31.3 Å². The van der Waals surface area contributed by atoms with Crippen LogP contribution in [0.25, 0.3) is 0 Å². The molecule has 2 aromatic rings. The molecule has 1 N–H and O–H groups in total. The second-order valence-corrected chi connectivity index (χ2v) is 5.38. The van der Waals surface area contributed by atoms with E-state index in [-0.39, 0.29) is 0 Å². The molecular formula is C15H16Cl2N+. The van der Waals surface area contributed by atoms with Crippen molar-refractivity contribution < 1.29 is 4.90 Å². The molecule has 94 valence electrons. The zero-order chi connectivity index (χ0) is 13.0. The molecule has 0 aromatic heterocycles. The van der Waals surface area contributed by atoms with Gasteiger partial charge < -0.3 is 4.90 Å². The van der Waals surface area contributed by atoms with Crippen LogP contribution in [0, 0.1) is 0 Å². The highest BCUT2D eigenvalue weighted by Gasteiger charge is 2.08. The van der Waals surface area contributed by atoms with E-state index in [1.54, 1.807) is 6.07 Å². The van der Waals surface area contributed by atoms with Crippen molar-refractivity contribution in [3.8, 4) is 0 Å². The summed E-state index contributed by atoms with van der Waals surface area (Å²) >= 11 is 12.1. The molecule has 0 saturated carbocycles. The van der Waals surface area contributed by atoms with E-state index < -0.39 is 0 Å². The summed E-state index contributed by atoms with van der Waals surface area (Å²) in [6.07, 6.45) is 0. The highest BCUT2D eigenvalue weighted by atomic mass is 35.5. The highest BCUT2D eigenvalue weighted by molar-refractivity contribution is 6.35. The molecule has 0 amide bonds. The molecule has 0 spiro atoms. The third-order valence-corrected chi connectivity index (χ3v) is 3.44. The lowest BCUT2D eigenvalue weighted by molar-refractivity contribution is -0.907. The summed E-state index contributed by atoms with van der Waals surface area (Å²) < 4.78 is 0. The van der Waals surface area contributed by atoms with E-state index >= 15 is 0 Å². The van der Waals surface area contributed by atoms with Crippen molar-refractivity contribution in [1.82, 2.24) is 0 Å². The van der Waals surface area contributed by atoms with Crippen molar-refractivity contribution in [2.45, 2.75) is 13.1 Å². The van der Waals surface area contributed by atoms with Gasteiger partial charge in [-0.15, -0.1) is 0 Å². The molecule has 2 aromatic carbocycles. The number of hydrogen-bond donors (Lipinski definition) is 1. The van der Waals surface area contributed by atoms with Gasteiger partial charge in [0.25, 0.3) is 0 Å². The number of quaternary nitrogens is 1. The van der Waals surface area contributed by atoms with Crippen LogP contribution in [0.3, 0.4) is 0 Å². The Hall–Kier alpha value is -1.02. The zero-order valence-corrected chi connectivity index (χ0v) is 11.8. The molecule has 0 aliphatic carbocycles. The van der Waals surface area contributed by atoms with Crippen molar-refractivity contribution in [2.24, 2.45) is 0 Å². The molecule has 1 unspecified atom stereocenters. The predicted molar refractivity (Wildman–Crippen MR) is 77.2 cm³/mol. The molecule has 0 fully saturated rings. The fourth-order valence-corrected chi connectivity index (χ4v) is 2.47. The second kappa shape index (κ2) is 6.24. The van der Waals surface area contributed by atoms with Crippen LogP contribution < -0.4 is 4.90 Å². The first-order chi connectivity index (χ1) is 8.65. The lowest BCUT2D eigenvalue weighted by Crippen LogP contribution is -3.06. The van der Waals surface area contributed by atoms with E-state index in [1.807, 2.05) is 18.2 Å². The van der Waals surface area contributed by atoms with Gasteiger partial charge in [-0.05, 0) is 12.1 Å². The van der Waals surface area contributed by atoms with Gasteiger partial charge in [0.15, 0.2) is 0 Å². The minimum Gasteiger partial charge on any atom is -0.330 e. The van der Waals surface area contributed by atoms with E-state index in [0.29, 0.717) is 5.02 Å². The summed E-state index contributed by atoms with van der Waals surface area (Å²) in [6.45, 7) is 1.88. The monoisotopic (exact) mass is 280 g/mol. The average Bonchev–Trinajstić information content (AvgIpc) is 2.34. The Kier molecular flexibility index (Phi) is 4.65. The number of rotatable bonds is 4. The number of hydrogen-bond acceptors (Lipinski definition) is 0. The van der Waals surface area contributed by atoms with Crippen LogP contribution in [0.2, 0.25) is 10.0 Å². The molecule has 18 heavy (non-hydrogen) atoms. The summed E-state index contributed by atoms with van der Waals surface area (Å²) in [7, 11) is 2.16. The van der Waals surface area contributed by atoms with Gasteiger partial charge in [0.05, 0.1) is 12.1 Å². The number of halogens is 2. The van der Waals surface area contributed by atoms with Gasteiger partial charge in [-0.3, -0.25) is 0 Å². The highest BCUT2D eigenvalue weighted by Crippen LogP contribution is 2.20. The topological polar surface area (TPSA) is 4.44 Å². The fraction of sp³-hybridized carbons (Fsp3) is 0.200. The van der Waals surface area contributed by atoms with E-state index in [1.165, 1.54) is 10.5 Å². The van der Waals surface area contributed by atoms with Gasteiger partial charge in [-0.25, -0.2) is 0 Å². The van der Waals surface area contributed by atoms with Gasteiger partial charge in [0.1, 0.15) is 13.1 Å². The molecule has 0 heterocycles. The first-order valence-corrected chi connectivity index (χ1v) is 6.70. The lowest BCUT2D eigenvalue weighted by Gasteiger charge is -2.15. The number of nitrogens with one attached hydrogen (secondary N) is 1. The van der Waals surface area contributed by atoms with Gasteiger partial charge in [-0.2, -0.15) is 0 Å². The van der Waals surface area contributed by atoms with Gasteiger partial charge in [0.2, 0.25) is 0 Å². The van der Waals surface area contributed by atoms with Crippen LogP contribution in [0.5, 0.6) is 0 Å². The van der Waals surface area contributed by atoms with Gasteiger partial charge in [-0.1, -0.05) is 59.6 Å². The van der Waals surface area contributed by atoms with Crippen LogP contribution in [-0.4, -0.2) is 7.05 Å². The lowest BCUT2D eigenvalue weighted by atomic mass is 10.2. The molecule has 0 bridgehead atoms. The van der Waals surface area contributed by atoms with Crippen molar-refractivity contribution in [2.75, 3.05) is 7.05 Å². The summed E-state index contributed by atoms with van der Waals surface area (Å²) in [5.41, 5.74) is 2.47. The first-order valence-electron chi connectivity index (χ1n) is 5.94. The summed E-state index contributed by atoms with van der Waals surface area (Å²) in [4.78, 5) is 1.39. The van der Waals surface area contributed by atoms with E-state index in [4.69, 9.17) is 23.2 Å². The van der Waals surface area contributed by atoms with Crippen molar-refractivity contribution in [3.63, 3.8) is 0 Å². The summed E-state index contributed by atoms with van der Waals surface area (Å²) in [6, 6.07) is 16.1. The van der Waals surface area contributed by atoms with Crippen LogP contribution in [0.4, 0.5) is 0 Å². The molecule has 0 aliphatic rings. The average molecular weight is 281 g/mol. The van der Waals surface area contributed by atoms with Crippen LogP contribution in [0.15, 0.2) is 48.5 Å². The number of benzene rings is 2. The molecule has 1 atom stereocenters. The van der Waals surface area contributed by atoms with Crippen molar-refractivity contribution >= 4 is 23.2 Å². The smallest absolute Gasteiger partial charge is 0.104 e. The summed E-state index contributed by atoms with van der Waals surface area (Å²) in [5, 5.41) is 1.43. The molecular weight excluding hydrogens is 265 g/mol. The molecule has 2 rings (SSSR count). The molecule has 1 nitrogen and oxygen atoms in total. The van der Waals surface area contributed by atoms with E-state index in [9.17, 15) is 0 Å². The molecule has 3 heteroatoms. The Morgan fingerprint density at radius 2 is 1.67 bits per heavy atom. The van der Waals surface area contributed by atoms with E-state index in [0.717, 1.165) is 23.7 Å². The fourth-order valence-electron chi connectivity index (χ4n) is 2.00. The molecule has 0 aliphatic heterocycles. The van der Waals surface area contributed by atoms with Gasteiger partial charge in [0, 0.05) is 16.1 Å². The predicted octanol–water partition coefficient (Wildman–Crippen LogP) is 3.21. The van der Waals surface area contributed by atoms with Crippen molar-refractivity contribution in [3.05, 3.63) is 69.7 Å². The maximum absolute atomic E-state index is 6.18. The maximum atomic E-state index is 6.18. The third kappa shape index (κ3) is 3.74. The maximum Gasteiger partial charge on any atom is 0.104 e. The largest absolute Gasteiger partial charge is 0.330 e. The first kappa shape index (κ1) is 13.4. The SMILES string of the molecule is C[NH+](Cc1ccccc1)Cc1ccc(Cl)cc1Cl. The third-order valence-electron chi connectivity index (χ3n) is 2.86. The Morgan fingerprint density at radius 3 is 2.33 bits per heavy atom. The minimum absolute atomic E-state index is 0.685. The zero-order valence-electron chi connectivity index (χ0n) is 10.3.